The van der Waals surface area contributed by atoms with Crippen LogP contribution in [0.25, 0.3) is 0 Å². The summed E-state index contributed by atoms with van der Waals surface area (Å²) in [5.41, 5.74) is -0.0555. The van der Waals surface area contributed by atoms with E-state index >= 15 is 0 Å². The zero-order chi connectivity index (χ0) is 19.6. The van der Waals surface area contributed by atoms with Gasteiger partial charge in [0.25, 0.3) is 5.91 Å². The summed E-state index contributed by atoms with van der Waals surface area (Å²) in [6, 6.07) is 6.17. The Balaban J connectivity index is 1.62. The van der Waals surface area contributed by atoms with Crippen LogP contribution in [0.15, 0.2) is 30.3 Å². The van der Waals surface area contributed by atoms with Crippen LogP contribution in [-0.4, -0.2) is 46.3 Å². The van der Waals surface area contributed by atoms with Crippen molar-refractivity contribution in [2.24, 2.45) is 0 Å². The maximum atomic E-state index is 12.7. The van der Waals surface area contributed by atoms with E-state index in [-0.39, 0.29) is 36.2 Å². The van der Waals surface area contributed by atoms with Crippen molar-refractivity contribution in [2.45, 2.75) is 38.8 Å². The van der Waals surface area contributed by atoms with Crippen molar-refractivity contribution in [3.8, 4) is 5.75 Å². The molecular formula is C18H20F3N3O3. The molecule has 6 nitrogen and oxygen atoms in total. The molecule has 0 spiro atoms. The van der Waals surface area contributed by atoms with E-state index in [1.54, 1.807) is 11.0 Å². The molecule has 0 saturated carbocycles. The molecule has 2 aromatic rings. The number of benzene rings is 1. The third-order valence-electron chi connectivity index (χ3n) is 4.11. The fraction of sp³-hybridized carbons (Fsp3) is 0.444. The Kier molecular flexibility index (Phi) is 5.41. The first-order valence-corrected chi connectivity index (χ1v) is 8.51. The maximum Gasteiger partial charge on any atom is 0.416 e. The largest absolute Gasteiger partial charge is 0.487 e. The highest BCUT2D eigenvalue weighted by Gasteiger charge is 2.31. The lowest BCUT2D eigenvalue weighted by molar-refractivity contribution is -0.137. The van der Waals surface area contributed by atoms with Crippen LogP contribution in [0.3, 0.4) is 0 Å². The Bertz CT molecular complexity index is 796. The fourth-order valence-electron chi connectivity index (χ4n) is 2.97. The van der Waals surface area contributed by atoms with Gasteiger partial charge in [-0.2, -0.15) is 18.3 Å². The summed E-state index contributed by atoms with van der Waals surface area (Å²) < 4.78 is 49.2. The number of H-pyrrole nitrogens is 1. The Hall–Kier alpha value is -2.55. The van der Waals surface area contributed by atoms with Crippen LogP contribution in [0.4, 0.5) is 13.2 Å². The quantitative estimate of drug-likeness (QED) is 0.880. The highest BCUT2D eigenvalue weighted by Crippen LogP contribution is 2.31. The molecule has 0 bridgehead atoms. The van der Waals surface area contributed by atoms with E-state index in [0.29, 0.717) is 18.8 Å². The van der Waals surface area contributed by atoms with Crippen LogP contribution in [0, 0.1) is 0 Å². The first-order valence-electron chi connectivity index (χ1n) is 8.51. The number of hydrogen-bond acceptors (Lipinski definition) is 4. The first-order chi connectivity index (χ1) is 12.7. The molecule has 1 aliphatic rings. The molecule has 2 heterocycles. The molecule has 146 valence electrons. The normalized spacial score (nSPS) is 20.6. The summed E-state index contributed by atoms with van der Waals surface area (Å²) >= 11 is 0. The zero-order valence-corrected chi connectivity index (χ0v) is 14.9. The minimum Gasteiger partial charge on any atom is -0.487 e. The van der Waals surface area contributed by atoms with Crippen molar-refractivity contribution in [1.29, 1.82) is 0 Å². The second-order valence-electron chi connectivity index (χ2n) is 6.56. The second kappa shape index (κ2) is 7.59. The van der Waals surface area contributed by atoms with E-state index in [1.807, 2.05) is 13.8 Å². The van der Waals surface area contributed by atoms with Gasteiger partial charge < -0.3 is 14.4 Å². The van der Waals surface area contributed by atoms with Crippen molar-refractivity contribution >= 4 is 5.91 Å². The SMILES string of the molecule is C[C@@H]1CN(C(=O)c2cc(COc3cccc(C(F)(F)F)c3)[nH]n2)C[C@H](C)O1. The van der Waals surface area contributed by atoms with Crippen molar-refractivity contribution < 1.29 is 27.4 Å². The molecule has 1 aliphatic heterocycles. The third kappa shape index (κ3) is 4.79. The molecule has 27 heavy (non-hydrogen) atoms. The van der Waals surface area contributed by atoms with Crippen molar-refractivity contribution in [1.82, 2.24) is 15.1 Å². The maximum absolute atomic E-state index is 12.7. The Morgan fingerprint density at radius 1 is 1.30 bits per heavy atom. The number of rotatable bonds is 4. The number of carbonyl (C=O) groups is 1. The number of ether oxygens (including phenoxy) is 2. The van der Waals surface area contributed by atoms with Gasteiger partial charge in [0.1, 0.15) is 12.4 Å². The Labute approximate surface area is 154 Å². The number of hydrogen-bond donors (Lipinski definition) is 1. The molecule has 9 heteroatoms. The number of carbonyl (C=O) groups excluding carboxylic acids is 1. The van der Waals surface area contributed by atoms with Gasteiger partial charge in [0.05, 0.1) is 23.5 Å². The standard InChI is InChI=1S/C18H20F3N3O3/c1-11-8-24(9-12(2)27-11)17(25)16-7-14(22-23-16)10-26-15-5-3-4-13(6-15)18(19,20)21/h3-7,11-12H,8-10H2,1-2H3,(H,22,23)/t11-,12+. The topological polar surface area (TPSA) is 67.5 Å². The lowest BCUT2D eigenvalue weighted by Crippen LogP contribution is -2.48. The molecule has 1 amide bonds. The predicted molar refractivity (Wildman–Crippen MR) is 90.3 cm³/mol. The van der Waals surface area contributed by atoms with E-state index in [9.17, 15) is 18.0 Å². The number of alkyl halides is 3. The van der Waals surface area contributed by atoms with Gasteiger partial charge in [-0.15, -0.1) is 0 Å². The van der Waals surface area contributed by atoms with Gasteiger partial charge >= 0.3 is 6.18 Å². The molecule has 0 radical (unpaired) electrons. The van der Waals surface area contributed by atoms with Crippen LogP contribution >= 0.6 is 0 Å². The number of halogens is 3. The van der Waals surface area contributed by atoms with E-state index in [0.717, 1.165) is 12.1 Å². The number of aromatic amines is 1. The summed E-state index contributed by atoms with van der Waals surface area (Å²) in [7, 11) is 0. The highest BCUT2D eigenvalue weighted by molar-refractivity contribution is 5.92. The van der Waals surface area contributed by atoms with E-state index < -0.39 is 11.7 Å². The number of amides is 1. The average Bonchev–Trinajstić information content (AvgIpc) is 3.07. The minimum atomic E-state index is -4.43. The molecule has 1 fully saturated rings. The predicted octanol–water partition coefficient (Wildman–Crippen LogP) is 3.26. The van der Waals surface area contributed by atoms with Gasteiger partial charge in [0.15, 0.2) is 5.69 Å². The number of morpholine rings is 1. The van der Waals surface area contributed by atoms with Gasteiger partial charge in [-0.3, -0.25) is 9.89 Å². The van der Waals surface area contributed by atoms with Crippen molar-refractivity contribution in [3.63, 3.8) is 0 Å². The molecular weight excluding hydrogens is 363 g/mol. The molecule has 1 saturated heterocycles. The minimum absolute atomic E-state index is 0.0303. The van der Waals surface area contributed by atoms with Crippen molar-refractivity contribution in [3.05, 3.63) is 47.3 Å². The Morgan fingerprint density at radius 2 is 2.00 bits per heavy atom. The van der Waals surface area contributed by atoms with E-state index in [1.165, 1.54) is 12.1 Å². The van der Waals surface area contributed by atoms with E-state index in [2.05, 4.69) is 10.2 Å². The number of nitrogens with one attached hydrogen (secondary N) is 1. The molecule has 1 aromatic carbocycles. The van der Waals surface area contributed by atoms with Gasteiger partial charge in [-0.1, -0.05) is 6.07 Å². The summed E-state index contributed by atoms with van der Waals surface area (Å²) in [5.74, 6) is -0.137. The first kappa shape index (κ1) is 19.2. The monoisotopic (exact) mass is 383 g/mol. The van der Waals surface area contributed by atoms with Crippen LogP contribution < -0.4 is 4.74 Å². The second-order valence-corrected chi connectivity index (χ2v) is 6.56. The molecule has 2 atom stereocenters. The highest BCUT2D eigenvalue weighted by atomic mass is 19.4. The number of nitrogens with zero attached hydrogens (tertiary/aromatic N) is 2. The summed E-state index contributed by atoms with van der Waals surface area (Å²) in [5, 5.41) is 6.68. The molecule has 0 aliphatic carbocycles. The fourth-order valence-corrected chi connectivity index (χ4v) is 2.97. The Morgan fingerprint density at radius 3 is 2.67 bits per heavy atom. The molecule has 1 N–H and O–H groups in total. The lowest BCUT2D eigenvalue weighted by Gasteiger charge is -2.34. The van der Waals surface area contributed by atoms with Gasteiger partial charge in [0, 0.05) is 13.1 Å². The number of aromatic nitrogens is 2. The molecule has 0 unspecified atom stereocenters. The average molecular weight is 383 g/mol. The van der Waals surface area contributed by atoms with Gasteiger partial charge in [-0.25, -0.2) is 0 Å². The zero-order valence-electron chi connectivity index (χ0n) is 14.9. The van der Waals surface area contributed by atoms with Crippen LogP contribution in [0.5, 0.6) is 5.75 Å². The van der Waals surface area contributed by atoms with Gasteiger partial charge in [0.2, 0.25) is 0 Å². The van der Waals surface area contributed by atoms with Crippen LogP contribution in [0.2, 0.25) is 0 Å². The summed E-state index contributed by atoms with van der Waals surface area (Å²) in [6.45, 7) is 4.72. The molecule has 1 aromatic heterocycles. The lowest BCUT2D eigenvalue weighted by atomic mass is 10.2. The van der Waals surface area contributed by atoms with Crippen LogP contribution in [0.1, 0.15) is 35.6 Å². The molecule has 3 rings (SSSR count). The third-order valence-corrected chi connectivity index (χ3v) is 4.11. The van der Waals surface area contributed by atoms with E-state index in [4.69, 9.17) is 9.47 Å². The van der Waals surface area contributed by atoms with Gasteiger partial charge in [-0.05, 0) is 38.1 Å². The summed E-state index contributed by atoms with van der Waals surface area (Å²) in [4.78, 5) is 14.2. The summed E-state index contributed by atoms with van der Waals surface area (Å²) in [6.07, 6.45) is -4.54. The van der Waals surface area contributed by atoms with Crippen LogP contribution in [-0.2, 0) is 17.5 Å². The van der Waals surface area contributed by atoms with Crippen molar-refractivity contribution in [2.75, 3.05) is 13.1 Å². The smallest absolute Gasteiger partial charge is 0.416 e.